The van der Waals surface area contributed by atoms with Gasteiger partial charge in [-0.1, -0.05) is 0 Å². The summed E-state index contributed by atoms with van der Waals surface area (Å²) in [5, 5.41) is 8.29. The zero-order valence-corrected chi connectivity index (χ0v) is 12.3. The average molecular weight is 298 g/mol. The van der Waals surface area contributed by atoms with E-state index in [0.29, 0.717) is 11.4 Å². The van der Waals surface area contributed by atoms with E-state index in [1.165, 1.54) is 38.1 Å². The van der Waals surface area contributed by atoms with Gasteiger partial charge in [0, 0.05) is 6.54 Å². The van der Waals surface area contributed by atoms with Crippen molar-refractivity contribution in [2.24, 2.45) is 5.14 Å². The zero-order valence-electron chi connectivity index (χ0n) is 11.5. The third-order valence-electron chi connectivity index (χ3n) is 3.52. The number of rotatable bonds is 6. The first-order valence-electron chi connectivity index (χ1n) is 6.85. The van der Waals surface area contributed by atoms with Gasteiger partial charge in [-0.25, -0.2) is 13.6 Å². The van der Waals surface area contributed by atoms with Crippen molar-refractivity contribution in [1.29, 1.82) is 0 Å². The molecule has 0 radical (unpaired) electrons. The van der Waals surface area contributed by atoms with Gasteiger partial charge in [-0.3, -0.25) is 0 Å². The van der Waals surface area contributed by atoms with Crippen molar-refractivity contribution in [1.82, 2.24) is 4.90 Å². The van der Waals surface area contributed by atoms with Crippen LogP contribution in [0.5, 0.6) is 0 Å². The lowest BCUT2D eigenvalue weighted by Crippen LogP contribution is -2.22. The minimum absolute atomic E-state index is 0.0775. The second-order valence-corrected chi connectivity index (χ2v) is 6.68. The second-order valence-electron chi connectivity index (χ2n) is 5.12. The van der Waals surface area contributed by atoms with Crippen molar-refractivity contribution in [3.8, 4) is 0 Å². The molecule has 0 saturated carbocycles. The van der Waals surface area contributed by atoms with Crippen LogP contribution in [0.3, 0.4) is 0 Å². The summed E-state index contributed by atoms with van der Waals surface area (Å²) in [5.41, 5.74) is 6.98. The summed E-state index contributed by atoms with van der Waals surface area (Å²) in [6.07, 6.45) is 3.58. The number of hydrogen-bond donors (Lipinski definition) is 3. The maximum atomic E-state index is 11.3. The van der Waals surface area contributed by atoms with Crippen LogP contribution < -0.4 is 16.2 Å². The maximum absolute atomic E-state index is 11.3. The number of nitrogens with two attached hydrogens (primary N) is 2. The lowest BCUT2D eigenvalue weighted by atomic mass is 10.2. The third-order valence-corrected chi connectivity index (χ3v) is 4.43. The summed E-state index contributed by atoms with van der Waals surface area (Å²) in [6.45, 7) is 4.18. The molecule has 0 unspecified atom stereocenters. The Balaban J connectivity index is 1.88. The van der Waals surface area contributed by atoms with Gasteiger partial charge in [0.15, 0.2) is 0 Å². The fourth-order valence-corrected chi connectivity index (χ4v) is 2.94. The highest BCUT2D eigenvalue weighted by Crippen LogP contribution is 2.22. The first-order chi connectivity index (χ1) is 9.47. The highest BCUT2D eigenvalue weighted by atomic mass is 32.2. The van der Waals surface area contributed by atoms with E-state index >= 15 is 0 Å². The van der Waals surface area contributed by atoms with Crippen LogP contribution in [0.1, 0.15) is 19.3 Å². The molecule has 0 bridgehead atoms. The molecule has 0 amide bonds. The van der Waals surface area contributed by atoms with E-state index in [2.05, 4.69) is 10.2 Å². The predicted molar refractivity (Wildman–Crippen MR) is 81.0 cm³/mol. The van der Waals surface area contributed by atoms with Gasteiger partial charge in [-0.15, -0.1) is 0 Å². The van der Waals surface area contributed by atoms with E-state index in [1.807, 2.05) is 0 Å². The summed E-state index contributed by atoms with van der Waals surface area (Å²) >= 11 is 0. The first-order valence-corrected chi connectivity index (χ1v) is 8.40. The average Bonchev–Trinajstić information content (AvgIpc) is 2.88. The van der Waals surface area contributed by atoms with Gasteiger partial charge in [-0.05, 0) is 57.1 Å². The maximum Gasteiger partial charge on any atom is 0.238 e. The standard InChI is InChI=1S/C13H22N4O2S/c14-12-5-4-11(20(15,18)19)10-13(12)16-6-3-9-17-7-1-2-8-17/h4-5,10,16H,1-3,6-9,14H2,(H2,15,18,19). The van der Waals surface area contributed by atoms with Crippen molar-refractivity contribution >= 4 is 21.4 Å². The fourth-order valence-electron chi connectivity index (χ4n) is 2.40. The highest BCUT2D eigenvalue weighted by Gasteiger charge is 2.12. The van der Waals surface area contributed by atoms with Gasteiger partial charge in [0.25, 0.3) is 0 Å². The molecule has 0 aliphatic carbocycles. The number of nitrogens with zero attached hydrogens (tertiary/aromatic N) is 1. The van der Waals surface area contributed by atoms with Gasteiger partial charge in [0.1, 0.15) is 0 Å². The van der Waals surface area contributed by atoms with Gasteiger partial charge < -0.3 is 16.0 Å². The number of benzene rings is 1. The SMILES string of the molecule is Nc1ccc(S(N)(=O)=O)cc1NCCCN1CCCC1. The van der Waals surface area contributed by atoms with Crippen molar-refractivity contribution in [2.75, 3.05) is 37.2 Å². The molecule has 1 fully saturated rings. The zero-order chi connectivity index (χ0) is 14.6. The number of nitrogens with one attached hydrogen (secondary N) is 1. The van der Waals surface area contributed by atoms with E-state index in [9.17, 15) is 8.42 Å². The van der Waals surface area contributed by atoms with Gasteiger partial charge in [-0.2, -0.15) is 0 Å². The normalized spacial score (nSPS) is 16.4. The molecule has 1 saturated heterocycles. The molecular formula is C13H22N4O2S. The van der Waals surface area contributed by atoms with Crippen LogP contribution in [0.15, 0.2) is 23.1 Å². The van der Waals surface area contributed by atoms with E-state index in [1.54, 1.807) is 6.07 Å². The van der Waals surface area contributed by atoms with Crippen molar-refractivity contribution in [2.45, 2.75) is 24.2 Å². The van der Waals surface area contributed by atoms with Gasteiger partial charge >= 0.3 is 0 Å². The number of sulfonamides is 1. The van der Waals surface area contributed by atoms with Gasteiger partial charge in [0.05, 0.1) is 16.3 Å². The lowest BCUT2D eigenvalue weighted by molar-refractivity contribution is 0.337. The molecule has 7 heteroatoms. The van der Waals surface area contributed by atoms with Crippen LogP contribution in [0, 0.1) is 0 Å². The van der Waals surface area contributed by atoms with E-state index in [0.717, 1.165) is 19.5 Å². The smallest absolute Gasteiger partial charge is 0.238 e. The van der Waals surface area contributed by atoms with Crippen LogP contribution in [0.2, 0.25) is 0 Å². The summed E-state index contributed by atoms with van der Waals surface area (Å²) in [6, 6.07) is 4.46. The van der Waals surface area contributed by atoms with Gasteiger partial charge in [0.2, 0.25) is 10.0 Å². The van der Waals surface area contributed by atoms with Crippen molar-refractivity contribution < 1.29 is 8.42 Å². The van der Waals surface area contributed by atoms with E-state index in [4.69, 9.17) is 10.9 Å². The van der Waals surface area contributed by atoms with Crippen LogP contribution in [0.4, 0.5) is 11.4 Å². The molecule has 0 atom stereocenters. The van der Waals surface area contributed by atoms with E-state index in [-0.39, 0.29) is 4.90 Å². The van der Waals surface area contributed by atoms with Crippen molar-refractivity contribution in [3.05, 3.63) is 18.2 Å². The fraction of sp³-hybridized carbons (Fsp3) is 0.538. The number of nitrogen functional groups attached to an aromatic ring is 1. The largest absolute Gasteiger partial charge is 0.397 e. The molecule has 1 heterocycles. The summed E-state index contributed by atoms with van der Waals surface area (Å²) in [4.78, 5) is 2.51. The monoisotopic (exact) mass is 298 g/mol. The predicted octanol–water partition coefficient (Wildman–Crippen LogP) is 0.814. The Morgan fingerprint density at radius 1 is 1.25 bits per heavy atom. The van der Waals surface area contributed by atoms with Crippen LogP contribution in [-0.2, 0) is 10.0 Å². The number of primary sulfonamides is 1. The highest BCUT2D eigenvalue weighted by molar-refractivity contribution is 7.89. The first kappa shape index (κ1) is 15.1. The molecule has 6 nitrogen and oxygen atoms in total. The lowest BCUT2D eigenvalue weighted by Gasteiger charge is -2.15. The van der Waals surface area contributed by atoms with Crippen LogP contribution in [-0.4, -0.2) is 39.5 Å². The molecule has 1 aromatic rings. The number of likely N-dealkylation sites (tertiary alicyclic amines) is 1. The molecule has 112 valence electrons. The Morgan fingerprint density at radius 3 is 2.60 bits per heavy atom. The molecule has 2 rings (SSSR count). The van der Waals surface area contributed by atoms with E-state index < -0.39 is 10.0 Å². The molecular weight excluding hydrogens is 276 g/mol. The Labute approximate surface area is 120 Å². The van der Waals surface area contributed by atoms with Crippen LogP contribution in [0.25, 0.3) is 0 Å². The Kier molecular flexibility index (Phi) is 4.85. The minimum atomic E-state index is -3.69. The molecule has 0 aromatic heterocycles. The molecule has 0 spiro atoms. The topological polar surface area (TPSA) is 101 Å². The minimum Gasteiger partial charge on any atom is -0.397 e. The molecule has 1 aliphatic heterocycles. The quantitative estimate of drug-likeness (QED) is 0.533. The van der Waals surface area contributed by atoms with Crippen LogP contribution >= 0.6 is 0 Å². The Hall–Kier alpha value is -1.31. The Bertz CT molecular complexity index is 553. The number of hydrogen-bond acceptors (Lipinski definition) is 5. The number of anilines is 2. The Morgan fingerprint density at radius 2 is 1.95 bits per heavy atom. The summed E-state index contributed by atoms with van der Waals surface area (Å²) in [5.74, 6) is 0. The summed E-state index contributed by atoms with van der Waals surface area (Å²) in [7, 11) is -3.69. The molecule has 1 aromatic carbocycles. The third kappa shape index (κ3) is 4.09. The second kappa shape index (κ2) is 6.43. The molecule has 20 heavy (non-hydrogen) atoms. The molecule has 1 aliphatic rings. The molecule has 5 N–H and O–H groups in total. The van der Waals surface area contributed by atoms with Crippen molar-refractivity contribution in [3.63, 3.8) is 0 Å². The summed E-state index contributed by atoms with van der Waals surface area (Å²) < 4.78 is 22.6.